The zero-order chi connectivity index (χ0) is 20.3. The quantitative estimate of drug-likeness (QED) is 0.306. The number of Topliss-reactive ketones (excluding diaryl/α,β-unsaturated/α-hetero) is 1. The minimum atomic E-state index is -0.908. The molecule has 4 atom stereocenters. The Bertz CT molecular complexity index is 521. The number of aliphatic hydroxyl groups is 2. The first kappa shape index (κ1) is 23.6. The van der Waals surface area contributed by atoms with E-state index in [0.717, 1.165) is 25.7 Å². The normalized spacial score (nSPS) is 25.4. The van der Waals surface area contributed by atoms with Gasteiger partial charge >= 0.3 is 5.97 Å². The third-order valence-electron chi connectivity index (χ3n) is 5.23. The van der Waals surface area contributed by atoms with Crippen LogP contribution in [0.3, 0.4) is 0 Å². The summed E-state index contributed by atoms with van der Waals surface area (Å²) in [5.74, 6) is -0.648. The van der Waals surface area contributed by atoms with Crippen LogP contribution in [0.15, 0.2) is 24.3 Å². The summed E-state index contributed by atoms with van der Waals surface area (Å²) in [5.41, 5.74) is -0.908. The van der Waals surface area contributed by atoms with E-state index >= 15 is 0 Å². The van der Waals surface area contributed by atoms with Crippen LogP contribution in [0.2, 0.25) is 0 Å². The molecule has 1 aliphatic rings. The van der Waals surface area contributed by atoms with Crippen molar-refractivity contribution in [1.82, 2.24) is 0 Å². The van der Waals surface area contributed by atoms with Crippen molar-refractivity contribution in [1.29, 1.82) is 0 Å². The van der Waals surface area contributed by atoms with Crippen molar-refractivity contribution in [3.05, 3.63) is 24.3 Å². The van der Waals surface area contributed by atoms with Crippen molar-refractivity contribution >= 4 is 11.8 Å². The third kappa shape index (κ3) is 8.85. The number of allylic oxidation sites excluding steroid dienone is 2. The van der Waals surface area contributed by atoms with Crippen molar-refractivity contribution in [3.8, 4) is 0 Å². The molecule has 0 heterocycles. The van der Waals surface area contributed by atoms with E-state index < -0.39 is 11.7 Å². The summed E-state index contributed by atoms with van der Waals surface area (Å²) < 4.78 is 4.60. The lowest BCUT2D eigenvalue weighted by molar-refractivity contribution is -0.140. The van der Waals surface area contributed by atoms with E-state index in [1.54, 1.807) is 13.0 Å². The molecule has 0 bridgehead atoms. The Morgan fingerprint density at radius 2 is 2.04 bits per heavy atom. The molecule has 1 fully saturated rings. The lowest BCUT2D eigenvalue weighted by Crippen LogP contribution is -2.23. The Morgan fingerprint density at radius 3 is 2.70 bits per heavy atom. The molecule has 4 unspecified atom stereocenters. The Kier molecular flexibility index (Phi) is 10.6. The van der Waals surface area contributed by atoms with Gasteiger partial charge < -0.3 is 14.9 Å². The van der Waals surface area contributed by atoms with Gasteiger partial charge in [-0.15, -0.1) is 0 Å². The summed E-state index contributed by atoms with van der Waals surface area (Å²) in [6, 6.07) is 0. The number of ether oxygens (including phenoxy) is 1. The van der Waals surface area contributed by atoms with Gasteiger partial charge in [-0.3, -0.25) is 9.59 Å². The van der Waals surface area contributed by atoms with Gasteiger partial charge in [0.2, 0.25) is 0 Å². The highest BCUT2D eigenvalue weighted by atomic mass is 16.5. The molecule has 0 aliphatic heterocycles. The van der Waals surface area contributed by atoms with Gasteiger partial charge in [0, 0.05) is 24.7 Å². The highest BCUT2D eigenvalue weighted by Crippen LogP contribution is 2.34. The summed E-state index contributed by atoms with van der Waals surface area (Å²) in [4.78, 5) is 23.3. The summed E-state index contributed by atoms with van der Waals surface area (Å²) in [5, 5.41) is 20.7. The third-order valence-corrected chi connectivity index (χ3v) is 5.23. The second-order valence-electron chi connectivity index (χ2n) is 7.77. The van der Waals surface area contributed by atoms with Crippen LogP contribution in [0.25, 0.3) is 0 Å². The summed E-state index contributed by atoms with van der Waals surface area (Å²) in [6.07, 6.45) is 13.3. The lowest BCUT2D eigenvalue weighted by atomic mass is 9.88. The van der Waals surface area contributed by atoms with Crippen LogP contribution in [-0.4, -0.2) is 40.8 Å². The van der Waals surface area contributed by atoms with Gasteiger partial charge in [-0.1, -0.05) is 50.5 Å². The molecular formula is C22H36O5. The standard InChI is InChI=1S/C22H36O5/c1-4-5-10-14-22(2,26)15-13-18-17(19(23)16-20(18)24)11-8-6-7-9-12-21(25)27-3/h6,8,13,15,17-18,20,24,26H,4-5,7,9-12,14,16H2,1-3H3/b8-6+,15-13-. The summed E-state index contributed by atoms with van der Waals surface area (Å²) in [6.45, 7) is 3.90. The van der Waals surface area contributed by atoms with Crippen LogP contribution in [0, 0.1) is 11.8 Å². The van der Waals surface area contributed by atoms with Crippen LogP contribution in [0.5, 0.6) is 0 Å². The van der Waals surface area contributed by atoms with Crippen LogP contribution in [0.4, 0.5) is 0 Å². The molecular weight excluding hydrogens is 344 g/mol. The van der Waals surface area contributed by atoms with Gasteiger partial charge in [0.05, 0.1) is 18.8 Å². The van der Waals surface area contributed by atoms with E-state index in [4.69, 9.17) is 0 Å². The molecule has 154 valence electrons. The Balaban J connectivity index is 2.55. The average molecular weight is 381 g/mol. The number of carbonyl (C=O) groups excluding carboxylic acids is 2. The van der Waals surface area contributed by atoms with Gasteiger partial charge in [-0.25, -0.2) is 0 Å². The Hall–Kier alpha value is -1.46. The van der Waals surface area contributed by atoms with E-state index in [9.17, 15) is 19.8 Å². The van der Waals surface area contributed by atoms with Crippen LogP contribution in [-0.2, 0) is 14.3 Å². The maximum atomic E-state index is 12.2. The molecule has 27 heavy (non-hydrogen) atoms. The number of esters is 1. The molecule has 0 aromatic carbocycles. The second-order valence-corrected chi connectivity index (χ2v) is 7.77. The minimum Gasteiger partial charge on any atom is -0.469 e. The van der Waals surface area contributed by atoms with Crippen molar-refractivity contribution < 1.29 is 24.5 Å². The second kappa shape index (κ2) is 12.1. The first-order valence-corrected chi connectivity index (χ1v) is 10.1. The van der Waals surface area contributed by atoms with Crippen molar-refractivity contribution in [2.45, 2.75) is 83.3 Å². The first-order valence-electron chi connectivity index (χ1n) is 10.1. The maximum absolute atomic E-state index is 12.2. The van der Waals surface area contributed by atoms with Crippen LogP contribution < -0.4 is 0 Å². The number of ketones is 1. The molecule has 0 radical (unpaired) electrons. The van der Waals surface area contributed by atoms with E-state index in [1.807, 2.05) is 18.2 Å². The molecule has 1 rings (SSSR count). The fourth-order valence-electron chi connectivity index (χ4n) is 3.49. The fraction of sp³-hybridized carbons (Fsp3) is 0.727. The molecule has 5 heteroatoms. The van der Waals surface area contributed by atoms with Crippen LogP contribution in [0.1, 0.15) is 71.6 Å². The van der Waals surface area contributed by atoms with Gasteiger partial charge in [-0.2, -0.15) is 0 Å². The Labute approximate surface area is 163 Å². The van der Waals surface area contributed by atoms with Crippen molar-refractivity contribution in [2.75, 3.05) is 7.11 Å². The van der Waals surface area contributed by atoms with Crippen LogP contribution >= 0.6 is 0 Å². The first-order chi connectivity index (χ1) is 12.8. The fourth-order valence-corrected chi connectivity index (χ4v) is 3.49. The number of carbonyl (C=O) groups is 2. The molecule has 1 saturated carbocycles. The predicted octanol–water partition coefficient (Wildman–Crippen LogP) is 3.73. The summed E-state index contributed by atoms with van der Waals surface area (Å²) in [7, 11) is 1.38. The summed E-state index contributed by atoms with van der Waals surface area (Å²) >= 11 is 0. The molecule has 0 aromatic rings. The Morgan fingerprint density at radius 1 is 1.30 bits per heavy atom. The van der Waals surface area contributed by atoms with E-state index in [2.05, 4.69) is 11.7 Å². The zero-order valence-electron chi connectivity index (χ0n) is 17.0. The largest absolute Gasteiger partial charge is 0.469 e. The molecule has 1 aliphatic carbocycles. The minimum absolute atomic E-state index is 0.0713. The SMILES string of the molecule is CCCCCC(C)(O)/C=C\C1C(O)CC(=O)C1C/C=C/CCCC(=O)OC. The molecule has 0 amide bonds. The van der Waals surface area contributed by atoms with Gasteiger partial charge in [0.15, 0.2) is 0 Å². The number of hydrogen-bond acceptors (Lipinski definition) is 5. The molecule has 2 N–H and O–H groups in total. The molecule has 0 saturated heterocycles. The van der Waals surface area contributed by atoms with Crippen molar-refractivity contribution in [3.63, 3.8) is 0 Å². The lowest BCUT2D eigenvalue weighted by Gasteiger charge is -2.21. The number of hydrogen-bond donors (Lipinski definition) is 2. The molecule has 0 aromatic heterocycles. The number of aliphatic hydroxyl groups excluding tert-OH is 1. The van der Waals surface area contributed by atoms with E-state index in [1.165, 1.54) is 7.11 Å². The highest BCUT2D eigenvalue weighted by molar-refractivity contribution is 5.84. The topological polar surface area (TPSA) is 83.8 Å². The van der Waals surface area contributed by atoms with Gasteiger partial charge in [-0.05, 0) is 32.6 Å². The van der Waals surface area contributed by atoms with E-state index in [0.29, 0.717) is 25.7 Å². The van der Waals surface area contributed by atoms with Gasteiger partial charge in [0.25, 0.3) is 0 Å². The molecule has 0 spiro atoms. The predicted molar refractivity (Wildman–Crippen MR) is 106 cm³/mol. The zero-order valence-corrected chi connectivity index (χ0v) is 17.0. The monoisotopic (exact) mass is 380 g/mol. The number of methoxy groups -OCH3 is 1. The average Bonchev–Trinajstić information content (AvgIpc) is 2.89. The maximum Gasteiger partial charge on any atom is 0.305 e. The van der Waals surface area contributed by atoms with Gasteiger partial charge in [0.1, 0.15) is 5.78 Å². The highest BCUT2D eigenvalue weighted by Gasteiger charge is 2.39. The number of rotatable bonds is 12. The molecule has 5 nitrogen and oxygen atoms in total. The van der Waals surface area contributed by atoms with E-state index in [-0.39, 0.29) is 30.0 Å². The smallest absolute Gasteiger partial charge is 0.305 e. The number of unbranched alkanes of at least 4 members (excludes halogenated alkanes) is 3. The van der Waals surface area contributed by atoms with Crippen molar-refractivity contribution in [2.24, 2.45) is 11.8 Å².